The van der Waals surface area contributed by atoms with Crippen molar-refractivity contribution in [1.82, 2.24) is 4.98 Å². The van der Waals surface area contributed by atoms with E-state index < -0.39 is 0 Å². The molecule has 4 rings (SSSR count). The minimum absolute atomic E-state index is 0.420. The third kappa shape index (κ3) is 2.06. The summed E-state index contributed by atoms with van der Waals surface area (Å²) in [5.74, 6) is 0.528. The molecule has 1 aromatic heterocycles. The normalized spacial score (nSPS) is 29.0. The molecule has 2 aliphatic rings. The Labute approximate surface area is 125 Å². The van der Waals surface area contributed by atoms with Crippen LogP contribution in [0.5, 0.6) is 0 Å². The highest BCUT2D eigenvalue weighted by atomic mass is 79.9. The summed E-state index contributed by atoms with van der Waals surface area (Å²) in [6, 6.07) is 8.26. The summed E-state index contributed by atoms with van der Waals surface area (Å²) < 4.78 is 7.04. The molecule has 2 saturated heterocycles. The number of ether oxygens (including phenoxy) is 1. The molecule has 2 fully saturated rings. The zero-order valence-electron chi connectivity index (χ0n) is 10.4. The molecule has 4 heteroatoms. The van der Waals surface area contributed by atoms with Crippen LogP contribution in [0.3, 0.4) is 0 Å². The van der Waals surface area contributed by atoms with E-state index in [4.69, 9.17) is 9.72 Å². The fourth-order valence-corrected chi connectivity index (χ4v) is 4.62. The summed E-state index contributed by atoms with van der Waals surface area (Å²) in [5.41, 5.74) is 2.25. The zero-order chi connectivity index (χ0) is 12.8. The van der Waals surface area contributed by atoms with Gasteiger partial charge in [0.1, 0.15) is 0 Å². The number of aromatic nitrogens is 1. The van der Waals surface area contributed by atoms with Crippen molar-refractivity contribution in [2.24, 2.45) is 0 Å². The fraction of sp³-hybridized carbons (Fsp3) is 0.400. The molecule has 0 amide bonds. The molecule has 2 nitrogen and oxygen atoms in total. The fourth-order valence-electron chi connectivity index (χ4n) is 3.15. The number of thiazole rings is 1. The number of nitrogens with zero attached hydrogens (tertiary/aromatic N) is 1. The molecular weight excluding hydrogens is 322 g/mol. The van der Waals surface area contributed by atoms with Crippen molar-refractivity contribution in [3.63, 3.8) is 0 Å². The highest BCUT2D eigenvalue weighted by Crippen LogP contribution is 2.45. The van der Waals surface area contributed by atoms with Gasteiger partial charge in [0, 0.05) is 21.3 Å². The van der Waals surface area contributed by atoms with Gasteiger partial charge in [-0.05, 0) is 25.3 Å². The van der Waals surface area contributed by atoms with E-state index in [-0.39, 0.29) is 0 Å². The van der Waals surface area contributed by atoms with Gasteiger partial charge >= 0.3 is 0 Å². The van der Waals surface area contributed by atoms with Crippen LogP contribution in [-0.4, -0.2) is 17.2 Å². The van der Waals surface area contributed by atoms with E-state index in [0.29, 0.717) is 18.1 Å². The quantitative estimate of drug-likeness (QED) is 0.799. The van der Waals surface area contributed by atoms with Crippen molar-refractivity contribution in [1.29, 1.82) is 0 Å². The van der Waals surface area contributed by atoms with Gasteiger partial charge in [-0.1, -0.05) is 34.1 Å². The Morgan fingerprint density at radius 2 is 2.16 bits per heavy atom. The lowest BCUT2D eigenvalue weighted by Gasteiger charge is -2.15. The first kappa shape index (κ1) is 12.1. The van der Waals surface area contributed by atoms with Gasteiger partial charge in [0.05, 0.1) is 22.9 Å². The predicted octanol–water partition coefficient (Wildman–Crippen LogP) is 4.61. The molecule has 3 unspecified atom stereocenters. The van der Waals surface area contributed by atoms with E-state index >= 15 is 0 Å². The van der Waals surface area contributed by atoms with Gasteiger partial charge in [-0.3, -0.25) is 0 Å². The molecule has 0 spiro atoms. The molecular formula is C15H14BrNOS. The van der Waals surface area contributed by atoms with Crippen LogP contribution in [-0.2, 0) is 4.74 Å². The van der Waals surface area contributed by atoms with Crippen molar-refractivity contribution in [3.8, 4) is 11.3 Å². The maximum Gasteiger partial charge on any atom is 0.0990 e. The van der Waals surface area contributed by atoms with Crippen LogP contribution in [0.4, 0.5) is 0 Å². The van der Waals surface area contributed by atoms with Gasteiger partial charge < -0.3 is 4.74 Å². The minimum Gasteiger partial charge on any atom is -0.374 e. The number of benzene rings is 1. The second-order valence-corrected chi connectivity index (χ2v) is 7.01. The lowest BCUT2D eigenvalue weighted by molar-refractivity contribution is 0.101. The number of halogens is 1. The SMILES string of the molecule is Brc1ccccc1-c1csc(C2CC3CCC2O3)n1. The highest BCUT2D eigenvalue weighted by molar-refractivity contribution is 9.10. The Balaban J connectivity index is 1.65. The molecule has 0 aliphatic carbocycles. The van der Waals surface area contributed by atoms with Crippen LogP contribution in [0.2, 0.25) is 0 Å². The summed E-state index contributed by atoms with van der Waals surface area (Å²) in [5, 5.41) is 3.42. The first-order chi connectivity index (χ1) is 9.31. The van der Waals surface area contributed by atoms with Gasteiger partial charge in [0.15, 0.2) is 0 Å². The van der Waals surface area contributed by atoms with Crippen LogP contribution in [0.1, 0.15) is 30.2 Å². The van der Waals surface area contributed by atoms with Crippen molar-refractivity contribution in [2.45, 2.75) is 37.4 Å². The van der Waals surface area contributed by atoms with Crippen molar-refractivity contribution < 1.29 is 4.74 Å². The highest BCUT2D eigenvalue weighted by Gasteiger charge is 2.42. The van der Waals surface area contributed by atoms with Crippen molar-refractivity contribution >= 4 is 27.3 Å². The molecule has 19 heavy (non-hydrogen) atoms. The van der Waals surface area contributed by atoms with E-state index in [2.05, 4.69) is 39.5 Å². The topological polar surface area (TPSA) is 22.1 Å². The maximum atomic E-state index is 5.94. The van der Waals surface area contributed by atoms with E-state index in [1.54, 1.807) is 11.3 Å². The number of hydrogen-bond donors (Lipinski definition) is 0. The molecule has 0 saturated carbocycles. The lowest BCUT2D eigenvalue weighted by Crippen LogP contribution is -2.13. The average Bonchev–Trinajstić information content (AvgIpc) is 3.15. The molecule has 2 aliphatic heterocycles. The molecule has 3 atom stereocenters. The standard InChI is InChI=1S/C15H14BrNOS/c16-12-4-2-1-3-10(12)13-8-19-15(17-13)11-7-9-5-6-14(11)18-9/h1-4,8-9,11,14H,5-7H2. The molecule has 0 radical (unpaired) electrons. The second-order valence-electron chi connectivity index (χ2n) is 5.27. The molecule has 98 valence electrons. The Kier molecular flexibility index (Phi) is 2.98. The average molecular weight is 336 g/mol. The number of fused-ring (bicyclic) bond motifs is 2. The monoisotopic (exact) mass is 335 g/mol. The summed E-state index contributed by atoms with van der Waals surface area (Å²) in [6.07, 6.45) is 4.52. The van der Waals surface area contributed by atoms with Gasteiger partial charge in [-0.15, -0.1) is 11.3 Å². The van der Waals surface area contributed by atoms with Crippen LogP contribution in [0.25, 0.3) is 11.3 Å². The third-order valence-electron chi connectivity index (χ3n) is 4.09. The molecule has 1 aromatic carbocycles. The van der Waals surface area contributed by atoms with Gasteiger partial charge in [0.25, 0.3) is 0 Å². The van der Waals surface area contributed by atoms with Gasteiger partial charge in [-0.25, -0.2) is 4.98 Å². The third-order valence-corrected chi connectivity index (χ3v) is 5.76. The van der Waals surface area contributed by atoms with Crippen LogP contribution < -0.4 is 0 Å². The molecule has 3 heterocycles. The molecule has 2 aromatic rings. The largest absolute Gasteiger partial charge is 0.374 e. The Morgan fingerprint density at radius 3 is 2.89 bits per heavy atom. The summed E-state index contributed by atoms with van der Waals surface area (Å²) >= 11 is 5.38. The number of hydrogen-bond acceptors (Lipinski definition) is 3. The summed E-state index contributed by atoms with van der Waals surface area (Å²) in [7, 11) is 0. The minimum atomic E-state index is 0.420. The van der Waals surface area contributed by atoms with Crippen molar-refractivity contribution in [3.05, 3.63) is 39.1 Å². The first-order valence-corrected chi connectivity index (χ1v) is 8.34. The van der Waals surface area contributed by atoms with E-state index in [1.165, 1.54) is 23.4 Å². The molecule has 0 N–H and O–H groups in total. The Bertz CT molecular complexity index is 612. The lowest BCUT2D eigenvalue weighted by atomic mass is 9.90. The van der Waals surface area contributed by atoms with Crippen molar-refractivity contribution in [2.75, 3.05) is 0 Å². The maximum absolute atomic E-state index is 5.94. The predicted molar refractivity (Wildman–Crippen MR) is 80.5 cm³/mol. The second kappa shape index (κ2) is 4.69. The zero-order valence-corrected chi connectivity index (χ0v) is 12.8. The van der Waals surface area contributed by atoms with Gasteiger partial charge in [0.2, 0.25) is 0 Å². The van der Waals surface area contributed by atoms with E-state index in [0.717, 1.165) is 16.6 Å². The van der Waals surface area contributed by atoms with E-state index in [1.807, 2.05) is 6.07 Å². The van der Waals surface area contributed by atoms with E-state index in [9.17, 15) is 0 Å². The summed E-state index contributed by atoms with van der Waals surface area (Å²) in [6.45, 7) is 0. The Morgan fingerprint density at radius 1 is 1.26 bits per heavy atom. The molecule has 2 bridgehead atoms. The van der Waals surface area contributed by atoms with Gasteiger partial charge in [-0.2, -0.15) is 0 Å². The van der Waals surface area contributed by atoms with Crippen LogP contribution in [0.15, 0.2) is 34.1 Å². The van der Waals surface area contributed by atoms with Crippen LogP contribution >= 0.6 is 27.3 Å². The summed E-state index contributed by atoms with van der Waals surface area (Å²) in [4.78, 5) is 4.85. The Hall–Kier alpha value is -0.710. The smallest absolute Gasteiger partial charge is 0.0990 e. The first-order valence-electron chi connectivity index (χ1n) is 6.67. The van der Waals surface area contributed by atoms with Crippen LogP contribution in [0, 0.1) is 0 Å². The number of rotatable bonds is 2.